The van der Waals surface area contributed by atoms with E-state index >= 15 is 0 Å². The molecule has 0 aromatic carbocycles. The number of nitrogens with two attached hydrogens (primary N) is 1. The fourth-order valence-corrected chi connectivity index (χ4v) is 1.36. The number of ether oxygens (including phenoxy) is 1. The quantitative estimate of drug-likeness (QED) is 0.658. The van der Waals surface area contributed by atoms with E-state index in [1.165, 1.54) is 0 Å². The second-order valence-corrected chi connectivity index (χ2v) is 3.39. The molecule has 1 unspecified atom stereocenters. The van der Waals surface area contributed by atoms with Crippen molar-refractivity contribution >= 4 is 5.91 Å². The molecular formula is C10H22N2O2. The van der Waals surface area contributed by atoms with Crippen molar-refractivity contribution in [2.75, 3.05) is 26.8 Å². The SMILES string of the molecule is CCCN(CCC)C(=O)C(N)COC. The Morgan fingerprint density at radius 1 is 1.36 bits per heavy atom. The molecule has 0 aromatic rings. The fourth-order valence-electron chi connectivity index (χ4n) is 1.36. The first-order valence-electron chi connectivity index (χ1n) is 5.20. The van der Waals surface area contributed by atoms with Gasteiger partial charge in [-0.1, -0.05) is 13.8 Å². The Balaban J connectivity index is 4.11. The lowest BCUT2D eigenvalue weighted by molar-refractivity contribution is -0.133. The number of amides is 1. The molecule has 1 amide bonds. The number of hydrogen-bond donors (Lipinski definition) is 1. The van der Waals surface area contributed by atoms with Gasteiger partial charge in [-0.15, -0.1) is 0 Å². The molecule has 84 valence electrons. The maximum atomic E-state index is 11.7. The molecule has 0 radical (unpaired) electrons. The molecule has 0 aliphatic heterocycles. The van der Waals surface area contributed by atoms with Crippen LogP contribution in [0.1, 0.15) is 26.7 Å². The predicted octanol–water partition coefficient (Wildman–Crippen LogP) is 0.609. The van der Waals surface area contributed by atoms with Crippen molar-refractivity contribution in [3.63, 3.8) is 0 Å². The fraction of sp³-hybridized carbons (Fsp3) is 0.900. The van der Waals surface area contributed by atoms with E-state index in [2.05, 4.69) is 13.8 Å². The van der Waals surface area contributed by atoms with Crippen molar-refractivity contribution in [2.45, 2.75) is 32.7 Å². The molecule has 0 spiro atoms. The van der Waals surface area contributed by atoms with E-state index in [0.717, 1.165) is 25.9 Å². The molecule has 0 fully saturated rings. The van der Waals surface area contributed by atoms with Gasteiger partial charge in [-0.3, -0.25) is 4.79 Å². The van der Waals surface area contributed by atoms with Crippen LogP contribution in [0.25, 0.3) is 0 Å². The molecule has 0 aliphatic carbocycles. The molecule has 0 saturated heterocycles. The third-order valence-electron chi connectivity index (χ3n) is 1.96. The molecule has 2 N–H and O–H groups in total. The summed E-state index contributed by atoms with van der Waals surface area (Å²) in [6, 6.07) is -0.516. The first kappa shape index (κ1) is 13.4. The minimum absolute atomic E-state index is 0.00412. The summed E-state index contributed by atoms with van der Waals surface area (Å²) in [4.78, 5) is 13.5. The Hall–Kier alpha value is -0.610. The molecule has 0 bridgehead atoms. The van der Waals surface area contributed by atoms with Gasteiger partial charge in [0, 0.05) is 20.2 Å². The van der Waals surface area contributed by atoms with Crippen molar-refractivity contribution in [1.82, 2.24) is 4.90 Å². The van der Waals surface area contributed by atoms with E-state index in [0.29, 0.717) is 6.61 Å². The van der Waals surface area contributed by atoms with E-state index in [1.807, 2.05) is 4.90 Å². The number of methoxy groups -OCH3 is 1. The number of rotatable bonds is 7. The normalized spacial score (nSPS) is 12.6. The van der Waals surface area contributed by atoms with Crippen LogP contribution in [-0.4, -0.2) is 43.7 Å². The van der Waals surface area contributed by atoms with Crippen LogP contribution in [0.2, 0.25) is 0 Å². The summed E-state index contributed by atoms with van der Waals surface area (Å²) in [5.41, 5.74) is 5.67. The van der Waals surface area contributed by atoms with Crippen molar-refractivity contribution in [3.8, 4) is 0 Å². The second kappa shape index (κ2) is 7.76. The zero-order chi connectivity index (χ0) is 11.0. The molecule has 1 atom stereocenters. The topological polar surface area (TPSA) is 55.6 Å². The van der Waals surface area contributed by atoms with Crippen LogP contribution in [0.15, 0.2) is 0 Å². The average Bonchev–Trinajstić information content (AvgIpc) is 2.17. The van der Waals surface area contributed by atoms with Gasteiger partial charge in [0.25, 0.3) is 0 Å². The van der Waals surface area contributed by atoms with Crippen LogP contribution in [0.5, 0.6) is 0 Å². The summed E-state index contributed by atoms with van der Waals surface area (Å²) in [5, 5.41) is 0. The Labute approximate surface area is 86.4 Å². The van der Waals surface area contributed by atoms with Crippen LogP contribution in [-0.2, 0) is 9.53 Å². The Bertz CT molecular complexity index is 156. The van der Waals surface area contributed by atoms with E-state index in [-0.39, 0.29) is 5.91 Å². The zero-order valence-corrected chi connectivity index (χ0v) is 9.45. The summed E-state index contributed by atoms with van der Waals surface area (Å²) in [6.45, 7) is 5.96. The van der Waals surface area contributed by atoms with Gasteiger partial charge in [0.1, 0.15) is 6.04 Å². The molecule has 0 rings (SSSR count). The maximum absolute atomic E-state index is 11.7. The highest BCUT2D eigenvalue weighted by Gasteiger charge is 2.19. The van der Waals surface area contributed by atoms with E-state index in [1.54, 1.807) is 7.11 Å². The zero-order valence-electron chi connectivity index (χ0n) is 9.45. The van der Waals surface area contributed by atoms with Crippen molar-refractivity contribution in [2.24, 2.45) is 5.73 Å². The number of nitrogens with zero attached hydrogens (tertiary/aromatic N) is 1. The second-order valence-electron chi connectivity index (χ2n) is 3.39. The summed E-state index contributed by atoms with van der Waals surface area (Å²) < 4.78 is 4.86. The largest absolute Gasteiger partial charge is 0.383 e. The average molecular weight is 202 g/mol. The third-order valence-corrected chi connectivity index (χ3v) is 1.96. The summed E-state index contributed by atoms with van der Waals surface area (Å²) in [7, 11) is 1.55. The van der Waals surface area contributed by atoms with E-state index < -0.39 is 6.04 Å². The monoisotopic (exact) mass is 202 g/mol. The van der Waals surface area contributed by atoms with Gasteiger partial charge in [0.05, 0.1) is 6.61 Å². The molecule has 0 saturated carbocycles. The minimum Gasteiger partial charge on any atom is -0.383 e. The van der Waals surface area contributed by atoms with Gasteiger partial charge in [0.15, 0.2) is 0 Å². The van der Waals surface area contributed by atoms with Gasteiger partial charge in [0.2, 0.25) is 5.91 Å². The van der Waals surface area contributed by atoms with Crippen molar-refractivity contribution in [1.29, 1.82) is 0 Å². The lowest BCUT2D eigenvalue weighted by Crippen LogP contribution is -2.46. The van der Waals surface area contributed by atoms with Gasteiger partial charge in [-0.25, -0.2) is 0 Å². The van der Waals surface area contributed by atoms with Crippen molar-refractivity contribution in [3.05, 3.63) is 0 Å². The molecule has 0 aromatic heterocycles. The molecule has 4 heteroatoms. The number of carbonyl (C=O) groups excluding carboxylic acids is 1. The Kier molecular flexibility index (Phi) is 7.42. The summed E-state index contributed by atoms with van der Waals surface area (Å²) in [6.07, 6.45) is 1.93. The minimum atomic E-state index is -0.516. The molecule has 0 aliphatic rings. The Morgan fingerprint density at radius 3 is 2.21 bits per heavy atom. The first-order chi connectivity index (χ1) is 6.67. The third kappa shape index (κ3) is 4.58. The van der Waals surface area contributed by atoms with Crippen LogP contribution >= 0.6 is 0 Å². The highest BCUT2D eigenvalue weighted by molar-refractivity contribution is 5.81. The van der Waals surface area contributed by atoms with Crippen LogP contribution < -0.4 is 5.73 Å². The summed E-state index contributed by atoms with van der Waals surface area (Å²) >= 11 is 0. The number of hydrogen-bond acceptors (Lipinski definition) is 3. The predicted molar refractivity (Wildman–Crippen MR) is 57.0 cm³/mol. The van der Waals surface area contributed by atoms with Gasteiger partial charge in [-0.2, -0.15) is 0 Å². The van der Waals surface area contributed by atoms with Crippen LogP contribution in [0.4, 0.5) is 0 Å². The first-order valence-corrected chi connectivity index (χ1v) is 5.20. The standard InChI is InChI=1S/C10H22N2O2/c1-4-6-12(7-5-2)10(13)9(11)8-14-3/h9H,4-8,11H2,1-3H3. The molecule has 4 nitrogen and oxygen atoms in total. The van der Waals surface area contributed by atoms with E-state index in [9.17, 15) is 4.79 Å². The lowest BCUT2D eigenvalue weighted by Gasteiger charge is -2.24. The van der Waals surface area contributed by atoms with Crippen LogP contribution in [0, 0.1) is 0 Å². The maximum Gasteiger partial charge on any atom is 0.241 e. The highest BCUT2D eigenvalue weighted by Crippen LogP contribution is 1.98. The van der Waals surface area contributed by atoms with Crippen LogP contribution in [0.3, 0.4) is 0 Å². The van der Waals surface area contributed by atoms with Gasteiger partial charge < -0.3 is 15.4 Å². The Morgan fingerprint density at radius 2 is 1.86 bits per heavy atom. The summed E-state index contributed by atoms with van der Waals surface area (Å²) in [5.74, 6) is -0.00412. The molecule has 14 heavy (non-hydrogen) atoms. The smallest absolute Gasteiger partial charge is 0.241 e. The van der Waals surface area contributed by atoms with Gasteiger partial charge >= 0.3 is 0 Å². The highest BCUT2D eigenvalue weighted by atomic mass is 16.5. The van der Waals surface area contributed by atoms with Gasteiger partial charge in [-0.05, 0) is 12.8 Å². The van der Waals surface area contributed by atoms with E-state index in [4.69, 9.17) is 10.5 Å². The number of carbonyl (C=O) groups is 1. The lowest BCUT2D eigenvalue weighted by atomic mass is 10.2. The molecule has 0 heterocycles. The molecular weight excluding hydrogens is 180 g/mol. The van der Waals surface area contributed by atoms with Crippen molar-refractivity contribution < 1.29 is 9.53 Å².